The van der Waals surface area contributed by atoms with Crippen molar-refractivity contribution in [3.8, 4) is 5.75 Å². The molecule has 4 amide bonds. The van der Waals surface area contributed by atoms with Crippen molar-refractivity contribution in [2.24, 2.45) is 0 Å². The van der Waals surface area contributed by atoms with Gasteiger partial charge in [-0.25, -0.2) is 9.69 Å². The molecule has 0 unspecified atom stereocenters. The van der Waals surface area contributed by atoms with Crippen molar-refractivity contribution in [2.75, 3.05) is 4.90 Å². The summed E-state index contributed by atoms with van der Waals surface area (Å²) in [6.45, 7) is 7.96. The van der Waals surface area contributed by atoms with E-state index in [0.29, 0.717) is 34.5 Å². The number of carbonyl (C=O) groups is 3. The highest BCUT2D eigenvalue weighted by Crippen LogP contribution is 2.34. The maximum absolute atomic E-state index is 13.3. The van der Waals surface area contributed by atoms with Gasteiger partial charge in [-0.15, -0.1) is 6.58 Å². The summed E-state index contributed by atoms with van der Waals surface area (Å²) in [5.41, 5.74) is 4.51. The fourth-order valence-electron chi connectivity index (χ4n) is 4.10. The van der Waals surface area contributed by atoms with Crippen molar-refractivity contribution in [1.29, 1.82) is 0 Å². The summed E-state index contributed by atoms with van der Waals surface area (Å²) in [4.78, 5) is 39.6. The molecular formula is C29H24Br2N2O4. The van der Waals surface area contributed by atoms with Gasteiger partial charge in [-0.1, -0.05) is 40.2 Å². The summed E-state index contributed by atoms with van der Waals surface area (Å²) >= 11 is 7.01. The molecule has 6 nitrogen and oxygen atoms in total. The third-order valence-corrected chi connectivity index (χ3v) is 6.80. The van der Waals surface area contributed by atoms with Crippen LogP contribution in [0.3, 0.4) is 0 Å². The number of barbiturate groups is 1. The Bertz CT molecular complexity index is 1420. The Morgan fingerprint density at radius 2 is 1.65 bits per heavy atom. The van der Waals surface area contributed by atoms with E-state index in [4.69, 9.17) is 4.74 Å². The lowest BCUT2D eigenvalue weighted by Gasteiger charge is -2.27. The number of urea groups is 1. The number of nitrogens with zero attached hydrogens (tertiary/aromatic N) is 1. The van der Waals surface area contributed by atoms with E-state index >= 15 is 0 Å². The zero-order valence-electron chi connectivity index (χ0n) is 20.3. The van der Waals surface area contributed by atoms with Gasteiger partial charge in [-0.3, -0.25) is 14.9 Å². The molecule has 1 aliphatic rings. The van der Waals surface area contributed by atoms with Crippen LogP contribution in [0.2, 0.25) is 0 Å². The van der Waals surface area contributed by atoms with Gasteiger partial charge in [0.25, 0.3) is 11.8 Å². The van der Waals surface area contributed by atoms with E-state index < -0.39 is 17.8 Å². The van der Waals surface area contributed by atoms with Crippen LogP contribution in [0.5, 0.6) is 5.75 Å². The summed E-state index contributed by atoms with van der Waals surface area (Å²) in [6.07, 6.45) is 3.75. The lowest BCUT2D eigenvalue weighted by molar-refractivity contribution is -0.122. The van der Waals surface area contributed by atoms with Crippen molar-refractivity contribution in [2.45, 2.75) is 26.9 Å². The molecule has 0 bridgehead atoms. The van der Waals surface area contributed by atoms with Gasteiger partial charge in [0.1, 0.15) is 17.9 Å². The van der Waals surface area contributed by atoms with Crippen molar-refractivity contribution in [3.63, 3.8) is 0 Å². The number of carbonyl (C=O) groups excluding carboxylic acids is 3. The number of imide groups is 2. The van der Waals surface area contributed by atoms with Crippen LogP contribution in [0, 0.1) is 13.8 Å². The van der Waals surface area contributed by atoms with E-state index in [1.54, 1.807) is 24.3 Å². The lowest BCUT2D eigenvalue weighted by atomic mass is 10.0. The Balaban J connectivity index is 1.67. The van der Waals surface area contributed by atoms with E-state index in [1.807, 2.05) is 50.2 Å². The number of aryl methyl sites for hydroxylation is 2. The Labute approximate surface area is 232 Å². The number of hydrogen-bond donors (Lipinski definition) is 1. The number of ether oxygens (including phenoxy) is 1. The van der Waals surface area contributed by atoms with E-state index in [1.165, 1.54) is 6.08 Å². The van der Waals surface area contributed by atoms with Gasteiger partial charge in [0.15, 0.2) is 0 Å². The van der Waals surface area contributed by atoms with Gasteiger partial charge in [0, 0.05) is 4.47 Å². The molecule has 3 aromatic carbocycles. The van der Waals surface area contributed by atoms with E-state index in [0.717, 1.165) is 31.6 Å². The van der Waals surface area contributed by atoms with Crippen LogP contribution in [0.25, 0.3) is 6.08 Å². The van der Waals surface area contributed by atoms with Crippen LogP contribution >= 0.6 is 31.9 Å². The smallest absolute Gasteiger partial charge is 0.335 e. The minimum absolute atomic E-state index is 0.140. The predicted molar refractivity (Wildman–Crippen MR) is 151 cm³/mol. The monoisotopic (exact) mass is 622 g/mol. The molecular weight excluding hydrogens is 600 g/mol. The number of allylic oxidation sites excluding steroid dienone is 1. The Morgan fingerprint density at radius 3 is 2.30 bits per heavy atom. The molecule has 8 heteroatoms. The van der Waals surface area contributed by atoms with Gasteiger partial charge < -0.3 is 4.74 Å². The fraction of sp³-hybridized carbons (Fsp3) is 0.138. The summed E-state index contributed by atoms with van der Waals surface area (Å²) in [5, 5.41) is 2.28. The first-order valence-electron chi connectivity index (χ1n) is 11.5. The van der Waals surface area contributed by atoms with Crippen molar-refractivity contribution < 1.29 is 19.1 Å². The number of anilines is 1. The molecule has 0 saturated carbocycles. The Hall–Kier alpha value is -3.49. The average Bonchev–Trinajstić information content (AvgIpc) is 2.82. The standard InChI is InChI=1S/C29H24Br2N2O4/c1-4-5-21-13-20(15-25(31)26(21)37-16-19-6-8-22(30)9-7-19)14-24-27(34)32-29(36)33(28(24)35)23-11-17(2)10-18(3)12-23/h4,6-15H,1,5,16H2,2-3H3,(H,32,34,36)/b24-14+. The summed E-state index contributed by atoms with van der Waals surface area (Å²) in [6, 6.07) is 16.1. The zero-order chi connectivity index (χ0) is 26.7. The van der Waals surface area contributed by atoms with Crippen LogP contribution in [0.4, 0.5) is 10.5 Å². The average molecular weight is 624 g/mol. The molecule has 0 radical (unpaired) electrons. The number of nitrogens with one attached hydrogen (secondary N) is 1. The topological polar surface area (TPSA) is 75.7 Å². The SMILES string of the molecule is C=CCc1cc(/C=C2\C(=O)NC(=O)N(c3cc(C)cc(C)c3)C2=O)cc(Br)c1OCc1ccc(Br)cc1. The van der Waals surface area contributed by atoms with E-state index in [-0.39, 0.29) is 5.57 Å². The lowest BCUT2D eigenvalue weighted by Crippen LogP contribution is -2.54. The number of hydrogen-bond acceptors (Lipinski definition) is 4. The van der Waals surface area contributed by atoms with Crippen LogP contribution in [0.1, 0.15) is 27.8 Å². The van der Waals surface area contributed by atoms with Crippen LogP contribution in [-0.2, 0) is 22.6 Å². The molecule has 4 rings (SSSR count). The third kappa shape index (κ3) is 6.09. The van der Waals surface area contributed by atoms with Crippen LogP contribution < -0.4 is 15.0 Å². The minimum Gasteiger partial charge on any atom is -0.487 e. The van der Waals surface area contributed by atoms with E-state index in [9.17, 15) is 14.4 Å². The summed E-state index contributed by atoms with van der Waals surface area (Å²) in [5.74, 6) is -0.778. The van der Waals surface area contributed by atoms with Crippen molar-refractivity contribution in [3.05, 3.63) is 110 Å². The highest BCUT2D eigenvalue weighted by Gasteiger charge is 2.37. The number of halogens is 2. The van der Waals surface area contributed by atoms with Gasteiger partial charge in [-0.05, 0) is 106 Å². The predicted octanol–water partition coefficient (Wildman–Crippen LogP) is 6.80. The second kappa shape index (κ2) is 11.3. The summed E-state index contributed by atoms with van der Waals surface area (Å²) < 4.78 is 7.77. The molecule has 3 aromatic rings. The van der Waals surface area contributed by atoms with Gasteiger partial charge in [0.2, 0.25) is 0 Å². The first kappa shape index (κ1) is 26.6. The molecule has 1 fully saturated rings. The largest absolute Gasteiger partial charge is 0.487 e. The quantitative estimate of drug-likeness (QED) is 0.178. The van der Waals surface area contributed by atoms with Gasteiger partial charge >= 0.3 is 6.03 Å². The second-order valence-corrected chi connectivity index (χ2v) is 10.5. The molecule has 188 valence electrons. The molecule has 1 aliphatic heterocycles. The number of amides is 4. The van der Waals surface area contributed by atoms with Crippen molar-refractivity contribution in [1.82, 2.24) is 5.32 Å². The molecule has 1 N–H and O–H groups in total. The Kier molecular flexibility index (Phi) is 8.10. The first-order chi connectivity index (χ1) is 17.7. The maximum Gasteiger partial charge on any atom is 0.335 e. The maximum atomic E-state index is 13.3. The molecule has 0 aliphatic carbocycles. The van der Waals surface area contributed by atoms with Crippen LogP contribution in [-0.4, -0.2) is 17.8 Å². The van der Waals surface area contributed by atoms with Gasteiger partial charge in [0.05, 0.1) is 10.2 Å². The molecule has 0 atom stereocenters. The number of rotatable bonds is 7. The first-order valence-corrected chi connectivity index (χ1v) is 13.0. The number of benzene rings is 3. The minimum atomic E-state index is -0.776. The highest BCUT2D eigenvalue weighted by atomic mass is 79.9. The van der Waals surface area contributed by atoms with Gasteiger partial charge in [-0.2, -0.15) is 0 Å². The van der Waals surface area contributed by atoms with Crippen LogP contribution in [0.15, 0.2) is 81.8 Å². The Morgan fingerprint density at radius 1 is 0.973 bits per heavy atom. The fourth-order valence-corrected chi connectivity index (χ4v) is 5.00. The molecule has 0 aromatic heterocycles. The molecule has 1 saturated heterocycles. The second-order valence-electron chi connectivity index (χ2n) is 8.70. The zero-order valence-corrected chi connectivity index (χ0v) is 23.5. The van der Waals surface area contributed by atoms with E-state index in [2.05, 4.69) is 43.8 Å². The molecule has 1 heterocycles. The molecule has 0 spiro atoms. The van der Waals surface area contributed by atoms with Crippen molar-refractivity contribution >= 4 is 61.5 Å². The highest BCUT2D eigenvalue weighted by molar-refractivity contribution is 9.10. The normalized spacial score (nSPS) is 14.6. The molecule has 37 heavy (non-hydrogen) atoms. The summed E-state index contributed by atoms with van der Waals surface area (Å²) in [7, 11) is 0. The third-order valence-electron chi connectivity index (χ3n) is 5.68.